The van der Waals surface area contributed by atoms with Crippen LogP contribution in [-0.2, 0) is 0 Å². The fourth-order valence-corrected chi connectivity index (χ4v) is 4.64. The summed E-state index contributed by atoms with van der Waals surface area (Å²) < 4.78 is 13.4. The molecule has 0 aliphatic carbocycles. The third-order valence-electron chi connectivity index (χ3n) is 4.99. The molecular weight excluding hydrogens is 348 g/mol. The van der Waals surface area contributed by atoms with Gasteiger partial charge < -0.3 is 14.0 Å². The third kappa shape index (κ3) is 3.35. The molecule has 0 amide bonds. The first-order valence-corrected chi connectivity index (χ1v) is 10.2. The van der Waals surface area contributed by atoms with Gasteiger partial charge in [0.05, 0.1) is 6.54 Å². The maximum absolute atomic E-state index is 12.9. The predicted molar refractivity (Wildman–Crippen MR) is 104 cm³/mol. The van der Waals surface area contributed by atoms with Gasteiger partial charge in [-0.3, -0.25) is 9.69 Å². The van der Waals surface area contributed by atoms with Gasteiger partial charge in [0.15, 0.2) is 17.3 Å². The first-order chi connectivity index (χ1) is 12.6. The molecule has 0 unspecified atom stereocenters. The fourth-order valence-electron chi connectivity index (χ4n) is 3.66. The number of ketones is 1. The molecule has 6 heteroatoms. The van der Waals surface area contributed by atoms with E-state index in [4.69, 9.17) is 9.47 Å². The molecule has 0 saturated carbocycles. The maximum atomic E-state index is 12.9. The molecule has 1 aromatic heterocycles. The van der Waals surface area contributed by atoms with Gasteiger partial charge in [0.2, 0.25) is 0 Å². The highest BCUT2D eigenvalue weighted by Gasteiger charge is 2.21. The minimum atomic E-state index is 0.203. The number of fused-ring (bicyclic) bond motifs is 1. The summed E-state index contributed by atoms with van der Waals surface area (Å²) >= 11 is 1.96. The number of thioether (sulfide) groups is 1. The van der Waals surface area contributed by atoms with E-state index in [1.165, 1.54) is 0 Å². The van der Waals surface area contributed by atoms with Crippen LogP contribution >= 0.6 is 11.8 Å². The molecule has 3 heterocycles. The van der Waals surface area contributed by atoms with Gasteiger partial charge >= 0.3 is 0 Å². The van der Waals surface area contributed by atoms with E-state index in [1.807, 2.05) is 49.9 Å². The molecule has 1 fully saturated rings. The molecule has 0 bridgehead atoms. The van der Waals surface area contributed by atoms with Crippen molar-refractivity contribution in [2.24, 2.45) is 0 Å². The van der Waals surface area contributed by atoms with Crippen LogP contribution in [0.4, 0.5) is 0 Å². The van der Waals surface area contributed by atoms with Crippen molar-refractivity contribution in [3.63, 3.8) is 0 Å². The van der Waals surface area contributed by atoms with Crippen LogP contribution in [0.25, 0.3) is 5.69 Å². The Morgan fingerprint density at radius 3 is 2.58 bits per heavy atom. The van der Waals surface area contributed by atoms with Gasteiger partial charge in [-0.05, 0) is 32.0 Å². The largest absolute Gasteiger partial charge is 0.486 e. The van der Waals surface area contributed by atoms with E-state index >= 15 is 0 Å². The van der Waals surface area contributed by atoms with Gasteiger partial charge in [-0.2, -0.15) is 11.8 Å². The maximum Gasteiger partial charge on any atom is 0.178 e. The Hall–Kier alpha value is -1.92. The summed E-state index contributed by atoms with van der Waals surface area (Å²) in [6, 6.07) is 7.96. The standard InChI is InChI=1S/C20H24N2O3S/c1-14-11-17(18(23)13-21-5-9-26-10-6-21)15(2)22(14)16-3-4-19-20(12-16)25-8-7-24-19/h3-4,11-12H,5-10,13H2,1-2H3. The van der Waals surface area contributed by atoms with Crippen molar-refractivity contribution in [2.45, 2.75) is 13.8 Å². The summed E-state index contributed by atoms with van der Waals surface area (Å²) in [7, 11) is 0. The molecule has 1 aromatic carbocycles. The first kappa shape index (κ1) is 17.5. The van der Waals surface area contributed by atoms with Gasteiger partial charge in [0.1, 0.15) is 13.2 Å². The van der Waals surface area contributed by atoms with Crippen molar-refractivity contribution in [2.75, 3.05) is 44.4 Å². The Labute approximate surface area is 158 Å². The number of carbonyl (C=O) groups is 1. The molecule has 2 aromatic rings. The Morgan fingerprint density at radius 2 is 1.81 bits per heavy atom. The van der Waals surface area contributed by atoms with Crippen LogP contribution in [0, 0.1) is 13.8 Å². The number of ether oxygens (including phenoxy) is 2. The van der Waals surface area contributed by atoms with E-state index < -0.39 is 0 Å². The zero-order chi connectivity index (χ0) is 18.1. The number of aryl methyl sites for hydroxylation is 1. The van der Waals surface area contributed by atoms with Crippen LogP contribution in [-0.4, -0.2) is 59.6 Å². The van der Waals surface area contributed by atoms with Crippen LogP contribution in [0.15, 0.2) is 24.3 Å². The lowest BCUT2D eigenvalue weighted by Crippen LogP contribution is -2.36. The molecule has 2 aliphatic rings. The number of aromatic nitrogens is 1. The second-order valence-electron chi connectivity index (χ2n) is 6.76. The molecule has 4 rings (SSSR count). The molecular formula is C20H24N2O3S. The molecule has 138 valence electrons. The van der Waals surface area contributed by atoms with E-state index in [0.717, 1.165) is 58.7 Å². The summed E-state index contributed by atoms with van der Waals surface area (Å²) in [4.78, 5) is 15.1. The Morgan fingerprint density at radius 1 is 1.08 bits per heavy atom. The summed E-state index contributed by atoms with van der Waals surface area (Å²) in [6.07, 6.45) is 0. The van der Waals surface area contributed by atoms with Crippen LogP contribution in [0.2, 0.25) is 0 Å². The Bertz CT molecular complexity index is 825. The number of nitrogens with zero attached hydrogens (tertiary/aromatic N) is 2. The number of hydrogen-bond donors (Lipinski definition) is 0. The average Bonchev–Trinajstić information content (AvgIpc) is 2.96. The van der Waals surface area contributed by atoms with E-state index in [-0.39, 0.29) is 5.78 Å². The lowest BCUT2D eigenvalue weighted by Gasteiger charge is -2.25. The van der Waals surface area contributed by atoms with Crippen LogP contribution in [0.1, 0.15) is 21.7 Å². The highest BCUT2D eigenvalue weighted by atomic mass is 32.2. The van der Waals surface area contributed by atoms with E-state index in [1.54, 1.807) is 0 Å². The third-order valence-corrected chi connectivity index (χ3v) is 5.93. The highest BCUT2D eigenvalue weighted by molar-refractivity contribution is 7.99. The molecule has 5 nitrogen and oxygen atoms in total. The summed E-state index contributed by atoms with van der Waals surface area (Å²) in [5.74, 6) is 3.97. The fraction of sp³-hybridized carbons (Fsp3) is 0.450. The zero-order valence-electron chi connectivity index (χ0n) is 15.3. The normalized spacial score (nSPS) is 17.3. The number of rotatable bonds is 4. The average molecular weight is 372 g/mol. The molecule has 0 atom stereocenters. The molecule has 1 saturated heterocycles. The highest BCUT2D eigenvalue weighted by Crippen LogP contribution is 2.33. The van der Waals surface area contributed by atoms with Crippen molar-refractivity contribution < 1.29 is 14.3 Å². The first-order valence-electron chi connectivity index (χ1n) is 9.06. The van der Waals surface area contributed by atoms with Crippen LogP contribution in [0.3, 0.4) is 0 Å². The summed E-state index contributed by atoms with van der Waals surface area (Å²) in [5, 5.41) is 0. The molecule has 0 spiro atoms. The van der Waals surface area contributed by atoms with Crippen molar-refractivity contribution >= 4 is 17.5 Å². The number of carbonyl (C=O) groups excluding carboxylic acids is 1. The van der Waals surface area contributed by atoms with Crippen LogP contribution < -0.4 is 9.47 Å². The van der Waals surface area contributed by atoms with Crippen molar-refractivity contribution in [1.82, 2.24) is 9.47 Å². The lowest BCUT2D eigenvalue weighted by molar-refractivity contribution is 0.0936. The monoisotopic (exact) mass is 372 g/mol. The van der Waals surface area contributed by atoms with Crippen molar-refractivity contribution in [3.05, 3.63) is 41.2 Å². The zero-order valence-corrected chi connectivity index (χ0v) is 16.1. The lowest BCUT2D eigenvalue weighted by atomic mass is 10.1. The summed E-state index contributed by atoms with van der Waals surface area (Å²) in [6.45, 7) is 7.71. The molecule has 2 aliphatic heterocycles. The van der Waals surface area contributed by atoms with Gasteiger partial charge in [0, 0.05) is 53.3 Å². The smallest absolute Gasteiger partial charge is 0.178 e. The molecule has 26 heavy (non-hydrogen) atoms. The second kappa shape index (κ2) is 7.37. The van der Waals surface area contributed by atoms with Crippen molar-refractivity contribution in [3.8, 4) is 17.2 Å². The molecule has 0 N–H and O–H groups in total. The summed E-state index contributed by atoms with van der Waals surface area (Å²) in [5.41, 5.74) is 3.85. The second-order valence-corrected chi connectivity index (χ2v) is 7.98. The topological polar surface area (TPSA) is 43.7 Å². The van der Waals surface area contributed by atoms with Gasteiger partial charge in [-0.15, -0.1) is 0 Å². The van der Waals surface area contributed by atoms with Gasteiger partial charge in [0.25, 0.3) is 0 Å². The molecule has 0 radical (unpaired) electrons. The van der Waals surface area contributed by atoms with Gasteiger partial charge in [-0.25, -0.2) is 0 Å². The number of hydrogen-bond acceptors (Lipinski definition) is 5. The van der Waals surface area contributed by atoms with E-state index in [9.17, 15) is 4.79 Å². The minimum Gasteiger partial charge on any atom is -0.486 e. The minimum absolute atomic E-state index is 0.203. The van der Waals surface area contributed by atoms with Gasteiger partial charge in [-0.1, -0.05) is 0 Å². The number of benzene rings is 1. The SMILES string of the molecule is Cc1cc(C(=O)CN2CCSCC2)c(C)n1-c1ccc2c(c1)OCCO2. The van der Waals surface area contributed by atoms with Crippen LogP contribution in [0.5, 0.6) is 11.5 Å². The van der Waals surface area contributed by atoms with E-state index in [2.05, 4.69) is 9.47 Å². The Balaban J connectivity index is 1.61. The Kier molecular flexibility index (Phi) is 4.96. The van der Waals surface area contributed by atoms with Crippen molar-refractivity contribution in [1.29, 1.82) is 0 Å². The number of Topliss-reactive ketones (excluding diaryl/α,β-unsaturated/α-hetero) is 1. The quantitative estimate of drug-likeness (QED) is 0.772. The predicted octanol–water partition coefficient (Wildman–Crippen LogP) is 3.10. The van der Waals surface area contributed by atoms with E-state index in [0.29, 0.717) is 19.8 Å².